The van der Waals surface area contributed by atoms with Gasteiger partial charge in [0.1, 0.15) is 0 Å². The van der Waals surface area contributed by atoms with E-state index in [2.05, 4.69) is 23.1 Å². The Kier molecular flexibility index (Phi) is 5.15. The zero-order valence-electron chi connectivity index (χ0n) is 9.00. The fraction of sp³-hybridized carbons (Fsp3) is 0.500. The third-order valence-electron chi connectivity index (χ3n) is 2.64. The van der Waals surface area contributed by atoms with Crippen LogP contribution in [0.5, 0.6) is 0 Å². The number of para-hydroxylation sites is 1. The number of hydrogen-bond acceptors (Lipinski definition) is 1. The minimum Gasteiger partial charge on any atom is -0.394 e. The molecule has 0 unspecified atom stereocenters. The van der Waals surface area contributed by atoms with Gasteiger partial charge in [-0.15, -0.1) is 6.07 Å². The van der Waals surface area contributed by atoms with Gasteiger partial charge in [0.05, 0.1) is 0 Å². The summed E-state index contributed by atoms with van der Waals surface area (Å²) in [6.07, 6.45) is 5.46. The molecule has 0 spiro atoms. The molecular formula is C12H16LiN. The number of rotatable bonds is 1. The number of anilines is 1. The topological polar surface area (TPSA) is 3.24 Å². The van der Waals surface area contributed by atoms with E-state index in [1.165, 1.54) is 44.5 Å². The van der Waals surface area contributed by atoms with Gasteiger partial charge in [-0.3, -0.25) is 0 Å². The minimum atomic E-state index is 0. The maximum Gasteiger partial charge on any atom is 1.00 e. The number of nitrogens with zero attached hydrogens (tertiary/aromatic N) is 1. The smallest absolute Gasteiger partial charge is 0.394 e. The summed E-state index contributed by atoms with van der Waals surface area (Å²) in [5, 5.41) is 0. The zero-order valence-corrected chi connectivity index (χ0v) is 9.00. The molecule has 1 nitrogen and oxygen atoms in total. The summed E-state index contributed by atoms with van der Waals surface area (Å²) in [4.78, 5) is 2.45. The molecular weight excluding hydrogens is 165 g/mol. The van der Waals surface area contributed by atoms with Crippen molar-refractivity contribution < 1.29 is 18.9 Å². The molecule has 1 aliphatic rings. The van der Waals surface area contributed by atoms with Crippen molar-refractivity contribution in [1.82, 2.24) is 0 Å². The Morgan fingerprint density at radius 2 is 1.71 bits per heavy atom. The van der Waals surface area contributed by atoms with E-state index in [-0.39, 0.29) is 18.9 Å². The maximum absolute atomic E-state index is 3.29. The molecule has 1 aromatic carbocycles. The van der Waals surface area contributed by atoms with Gasteiger partial charge in [0.2, 0.25) is 0 Å². The van der Waals surface area contributed by atoms with E-state index in [0.717, 1.165) is 0 Å². The van der Waals surface area contributed by atoms with Gasteiger partial charge in [-0.2, -0.15) is 24.3 Å². The van der Waals surface area contributed by atoms with Crippen molar-refractivity contribution in [2.45, 2.75) is 25.7 Å². The van der Waals surface area contributed by atoms with Gasteiger partial charge in [-0.1, -0.05) is 18.5 Å². The molecule has 1 aliphatic heterocycles. The molecule has 0 radical (unpaired) electrons. The molecule has 0 saturated carbocycles. The van der Waals surface area contributed by atoms with Crippen molar-refractivity contribution in [2.24, 2.45) is 0 Å². The average molecular weight is 181 g/mol. The Morgan fingerprint density at radius 3 is 2.29 bits per heavy atom. The fourth-order valence-electron chi connectivity index (χ4n) is 1.89. The molecule has 1 fully saturated rings. The molecule has 1 aromatic rings. The summed E-state index contributed by atoms with van der Waals surface area (Å²) < 4.78 is 0. The maximum atomic E-state index is 3.29. The van der Waals surface area contributed by atoms with E-state index < -0.39 is 0 Å². The fourth-order valence-corrected chi connectivity index (χ4v) is 1.89. The number of hydrogen-bond donors (Lipinski definition) is 0. The summed E-state index contributed by atoms with van der Waals surface area (Å²) in [6, 6.07) is 11.6. The first-order chi connectivity index (χ1) is 6.47. The molecule has 14 heavy (non-hydrogen) atoms. The third-order valence-corrected chi connectivity index (χ3v) is 2.64. The molecule has 1 saturated heterocycles. The van der Waals surface area contributed by atoms with E-state index in [4.69, 9.17) is 0 Å². The zero-order chi connectivity index (χ0) is 8.93. The predicted octanol–water partition coefficient (Wildman–Crippen LogP) is -0.129. The van der Waals surface area contributed by atoms with Crippen LogP contribution in [0.4, 0.5) is 5.69 Å². The van der Waals surface area contributed by atoms with Crippen LogP contribution in [0, 0.1) is 6.07 Å². The molecule has 2 heteroatoms. The van der Waals surface area contributed by atoms with Gasteiger partial charge in [-0.05, 0) is 12.8 Å². The largest absolute Gasteiger partial charge is 1.00 e. The SMILES string of the molecule is [Li+].[c-]1ccccc1N1CCCCCC1. The van der Waals surface area contributed by atoms with Crippen molar-refractivity contribution in [3.05, 3.63) is 30.3 Å². The van der Waals surface area contributed by atoms with Gasteiger partial charge < -0.3 is 4.90 Å². The van der Waals surface area contributed by atoms with Crippen LogP contribution in [-0.2, 0) is 0 Å². The Balaban J connectivity index is 0.000000980. The minimum absolute atomic E-state index is 0. The van der Waals surface area contributed by atoms with Crippen molar-refractivity contribution in [3.8, 4) is 0 Å². The van der Waals surface area contributed by atoms with Gasteiger partial charge in [0.25, 0.3) is 0 Å². The summed E-state index contributed by atoms with van der Waals surface area (Å²) in [5.41, 5.74) is 1.27. The van der Waals surface area contributed by atoms with Crippen molar-refractivity contribution >= 4 is 5.69 Å². The van der Waals surface area contributed by atoms with Crippen LogP contribution in [0.2, 0.25) is 0 Å². The van der Waals surface area contributed by atoms with Crippen molar-refractivity contribution in [3.63, 3.8) is 0 Å². The van der Waals surface area contributed by atoms with E-state index in [9.17, 15) is 0 Å². The van der Waals surface area contributed by atoms with Crippen molar-refractivity contribution in [1.29, 1.82) is 0 Å². The molecule has 70 valence electrons. The summed E-state index contributed by atoms with van der Waals surface area (Å²) in [6.45, 7) is 2.42. The van der Waals surface area contributed by atoms with Gasteiger partial charge in [0.15, 0.2) is 0 Å². The van der Waals surface area contributed by atoms with Crippen LogP contribution in [0.3, 0.4) is 0 Å². The Labute approximate surface area is 98.7 Å². The van der Waals surface area contributed by atoms with Gasteiger partial charge in [-0.25, -0.2) is 0 Å². The van der Waals surface area contributed by atoms with Crippen LogP contribution in [-0.4, -0.2) is 13.1 Å². The van der Waals surface area contributed by atoms with E-state index in [1.54, 1.807) is 0 Å². The summed E-state index contributed by atoms with van der Waals surface area (Å²) in [7, 11) is 0. The van der Waals surface area contributed by atoms with Crippen LogP contribution in [0.25, 0.3) is 0 Å². The molecule has 0 amide bonds. The van der Waals surface area contributed by atoms with Gasteiger partial charge in [0, 0.05) is 13.1 Å². The first-order valence-electron chi connectivity index (χ1n) is 5.18. The van der Waals surface area contributed by atoms with E-state index in [1.807, 2.05) is 12.1 Å². The predicted molar refractivity (Wildman–Crippen MR) is 56.0 cm³/mol. The number of benzene rings is 1. The second-order valence-electron chi connectivity index (χ2n) is 3.65. The molecule has 1 heterocycles. The molecule has 0 aromatic heterocycles. The van der Waals surface area contributed by atoms with Crippen LogP contribution in [0.1, 0.15) is 25.7 Å². The first-order valence-corrected chi connectivity index (χ1v) is 5.18. The Bertz CT molecular complexity index is 240. The average Bonchev–Trinajstić information content (AvgIpc) is 2.47. The molecule has 0 N–H and O–H groups in total. The van der Waals surface area contributed by atoms with E-state index >= 15 is 0 Å². The standard InChI is InChI=1S/C12H16N.Li/c1-2-7-11-13(10-6-1)12-8-4-3-5-9-12;/h3-5,8H,1-2,6-7,10-11H2;/q-1;+1. The quantitative estimate of drug-likeness (QED) is 0.431. The van der Waals surface area contributed by atoms with Crippen molar-refractivity contribution in [2.75, 3.05) is 18.0 Å². The van der Waals surface area contributed by atoms with Crippen LogP contribution < -0.4 is 23.8 Å². The second-order valence-corrected chi connectivity index (χ2v) is 3.65. The summed E-state index contributed by atoms with van der Waals surface area (Å²) in [5.74, 6) is 0. The third kappa shape index (κ3) is 3.08. The monoisotopic (exact) mass is 181 g/mol. The van der Waals surface area contributed by atoms with Gasteiger partial charge >= 0.3 is 18.9 Å². The second kappa shape index (κ2) is 6.17. The molecule has 0 bridgehead atoms. The Hall–Kier alpha value is -0.383. The molecule has 2 rings (SSSR count). The van der Waals surface area contributed by atoms with Crippen LogP contribution in [0.15, 0.2) is 24.3 Å². The van der Waals surface area contributed by atoms with Crippen LogP contribution >= 0.6 is 0 Å². The first kappa shape index (κ1) is 11.7. The van der Waals surface area contributed by atoms with E-state index in [0.29, 0.717) is 0 Å². The molecule has 0 aliphatic carbocycles. The normalized spacial score (nSPS) is 17.0. The Morgan fingerprint density at radius 1 is 1.00 bits per heavy atom. The molecule has 0 atom stereocenters. The summed E-state index contributed by atoms with van der Waals surface area (Å²) >= 11 is 0.